The van der Waals surface area contributed by atoms with Crippen LogP contribution in [0.2, 0.25) is 0 Å². The fraction of sp³-hybridized carbons (Fsp3) is 0.227. The quantitative estimate of drug-likeness (QED) is 0.699. The lowest BCUT2D eigenvalue weighted by Gasteiger charge is -2.18. The molecule has 0 atom stereocenters. The highest BCUT2D eigenvalue weighted by molar-refractivity contribution is 5.92. The van der Waals surface area contributed by atoms with Gasteiger partial charge in [-0.25, -0.2) is 4.98 Å². The minimum atomic E-state index is -0.0406. The number of nitrogens with one attached hydrogen (secondary N) is 1. The molecule has 0 aliphatic heterocycles. The molecule has 138 valence electrons. The van der Waals surface area contributed by atoms with Crippen LogP contribution in [0.4, 0.5) is 11.5 Å². The van der Waals surface area contributed by atoms with Gasteiger partial charge in [0, 0.05) is 26.0 Å². The Morgan fingerprint density at radius 1 is 1.07 bits per heavy atom. The van der Waals surface area contributed by atoms with E-state index in [1.54, 1.807) is 6.20 Å². The first-order chi connectivity index (χ1) is 13.1. The fourth-order valence-electron chi connectivity index (χ4n) is 2.86. The molecule has 0 fully saturated rings. The Hall–Kier alpha value is -3.21. The average Bonchev–Trinajstić information content (AvgIpc) is 2.67. The Balaban J connectivity index is 1.52. The molecular weight excluding hydrogens is 336 g/mol. The molecule has 0 saturated carbocycles. The number of carbonyl (C=O) groups is 1. The maximum Gasteiger partial charge on any atom is 0.228 e. The molecule has 3 aromatic rings. The molecule has 3 rings (SSSR count). The maximum atomic E-state index is 12.2. The van der Waals surface area contributed by atoms with Gasteiger partial charge in [0.1, 0.15) is 5.82 Å². The van der Waals surface area contributed by atoms with Gasteiger partial charge in [-0.3, -0.25) is 9.78 Å². The molecule has 5 heteroatoms. The summed E-state index contributed by atoms with van der Waals surface area (Å²) < 4.78 is 0. The fourth-order valence-corrected chi connectivity index (χ4v) is 2.86. The molecule has 0 saturated heterocycles. The van der Waals surface area contributed by atoms with Crippen molar-refractivity contribution in [3.8, 4) is 0 Å². The Morgan fingerprint density at radius 3 is 2.59 bits per heavy atom. The van der Waals surface area contributed by atoms with Gasteiger partial charge in [-0.2, -0.15) is 0 Å². The molecule has 5 nitrogen and oxygen atoms in total. The second-order valence-corrected chi connectivity index (χ2v) is 6.65. The van der Waals surface area contributed by atoms with E-state index in [-0.39, 0.29) is 5.91 Å². The third kappa shape index (κ3) is 5.64. The number of anilines is 2. The van der Waals surface area contributed by atoms with Crippen LogP contribution in [-0.4, -0.2) is 29.5 Å². The molecule has 0 radical (unpaired) electrons. The minimum absolute atomic E-state index is 0.0406. The van der Waals surface area contributed by atoms with E-state index in [2.05, 4.69) is 20.2 Å². The van der Waals surface area contributed by atoms with Crippen LogP contribution >= 0.6 is 0 Å². The molecule has 1 aromatic carbocycles. The van der Waals surface area contributed by atoms with Crippen molar-refractivity contribution in [2.24, 2.45) is 0 Å². The van der Waals surface area contributed by atoms with Crippen LogP contribution in [0.3, 0.4) is 0 Å². The van der Waals surface area contributed by atoms with Gasteiger partial charge in [0.2, 0.25) is 5.91 Å². The number of likely N-dealkylation sites (N-methyl/N-ethyl adjacent to an activating group) is 1. The first-order valence-electron chi connectivity index (χ1n) is 9.01. The Kier molecular flexibility index (Phi) is 6.15. The summed E-state index contributed by atoms with van der Waals surface area (Å²) in [5.41, 5.74) is 4.12. The molecule has 1 amide bonds. The number of rotatable bonds is 7. The van der Waals surface area contributed by atoms with Gasteiger partial charge < -0.3 is 10.2 Å². The summed E-state index contributed by atoms with van der Waals surface area (Å²) in [5.74, 6) is 0.835. The van der Waals surface area contributed by atoms with Crippen LogP contribution in [0.1, 0.15) is 16.7 Å². The van der Waals surface area contributed by atoms with Crippen molar-refractivity contribution in [2.45, 2.75) is 19.8 Å². The summed E-state index contributed by atoms with van der Waals surface area (Å²) in [5, 5.41) is 2.91. The first kappa shape index (κ1) is 18.6. The van der Waals surface area contributed by atoms with Gasteiger partial charge in [-0.1, -0.05) is 29.8 Å². The Morgan fingerprint density at radius 2 is 1.89 bits per heavy atom. The van der Waals surface area contributed by atoms with Crippen LogP contribution in [0, 0.1) is 6.92 Å². The molecule has 0 aliphatic rings. The number of benzene rings is 1. The summed E-state index contributed by atoms with van der Waals surface area (Å²) in [7, 11) is 2.01. The summed E-state index contributed by atoms with van der Waals surface area (Å²) in [4.78, 5) is 22.8. The van der Waals surface area contributed by atoms with Gasteiger partial charge in [0.05, 0.1) is 18.3 Å². The number of aromatic nitrogens is 2. The molecule has 0 spiro atoms. The molecule has 2 heterocycles. The van der Waals surface area contributed by atoms with Crippen molar-refractivity contribution in [3.05, 3.63) is 83.8 Å². The van der Waals surface area contributed by atoms with E-state index in [0.717, 1.165) is 29.9 Å². The lowest BCUT2D eigenvalue weighted by molar-refractivity contribution is -0.115. The van der Waals surface area contributed by atoms with E-state index in [4.69, 9.17) is 0 Å². The Bertz CT molecular complexity index is 878. The van der Waals surface area contributed by atoms with Crippen LogP contribution in [-0.2, 0) is 17.6 Å². The van der Waals surface area contributed by atoms with Crippen molar-refractivity contribution in [1.29, 1.82) is 0 Å². The predicted molar refractivity (Wildman–Crippen MR) is 109 cm³/mol. The van der Waals surface area contributed by atoms with Crippen LogP contribution in [0.5, 0.6) is 0 Å². The number of aryl methyl sites for hydroxylation is 1. The van der Waals surface area contributed by atoms with Crippen LogP contribution < -0.4 is 10.2 Å². The largest absolute Gasteiger partial charge is 0.359 e. The van der Waals surface area contributed by atoms with Crippen LogP contribution in [0.25, 0.3) is 0 Å². The number of nitrogens with zero attached hydrogens (tertiary/aromatic N) is 3. The lowest BCUT2D eigenvalue weighted by atomic mass is 10.1. The number of carbonyl (C=O) groups excluding carboxylic acids is 1. The van der Waals surface area contributed by atoms with Crippen LogP contribution in [0.15, 0.2) is 67.1 Å². The van der Waals surface area contributed by atoms with Gasteiger partial charge in [-0.05, 0) is 48.7 Å². The highest BCUT2D eigenvalue weighted by atomic mass is 16.1. The molecule has 0 bridgehead atoms. The van der Waals surface area contributed by atoms with Crippen molar-refractivity contribution in [2.75, 3.05) is 23.8 Å². The number of hydrogen-bond donors (Lipinski definition) is 1. The molecule has 0 unspecified atom stereocenters. The molecule has 2 aromatic heterocycles. The van der Waals surface area contributed by atoms with E-state index in [0.29, 0.717) is 12.1 Å². The first-order valence-corrected chi connectivity index (χ1v) is 9.01. The highest BCUT2D eigenvalue weighted by Gasteiger charge is 2.07. The van der Waals surface area contributed by atoms with Gasteiger partial charge in [0.25, 0.3) is 0 Å². The van der Waals surface area contributed by atoms with E-state index in [9.17, 15) is 4.79 Å². The zero-order valence-corrected chi connectivity index (χ0v) is 15.7. The standard InChI is InChI=1S/C22H24N4O/c1-17-4-3-5-19(14-17)15-22(27)25-20-6-7-21(24-16-20)26(2)13-10-18-8-11-23-12-9-18/h3-9,11-12,14,16H,10,13,15H2,1-2H3,(H,25,27). The van der Waals surface area contributed by atoms with E-state index < -0.39 is 0 Å². The van der Waals surface area contributed by atoms with E-state index in [1.165, 1.54) is 5.56 Å². The van der Waals surface area contributed by atoms with E-state index in [1.807, 2.05) is 74.9 Å². The van der Waals surface area contributed by atoms with Crippen molar-refractivity contribution < 1.29 is 4.79 Å². The summed E-state index contributed by atoms with van der Waals surface area (Å²) >= 11 is 0. The molecule has 27 heavy (non-hydrogen) atoms. The number of pyridine rings is 2. The molecular formula is C22H24N4O. The predicted octanol–water partition coefficient (Wildman–Crippen LogP) is 3.65. The third-order valence-corrected chi connectivity index (χ3v) is 4.36. The summed E-state index contributed by atoms with van der Waals surface area (Å²) in [6, 6.07) is 15.8. The number of hydrogen-bond acceptors (Lipinski definition) is 4. The molecule has 1 N–H and O–H groups in total. The zero-order valence-electron chi connectivity index (χ0n) is 15.7. The molecule has 0 aliphatic carbocycles. The lowest BCUT2D eigenvalue weighted by Crippen LogP contribution is -2.21. The van der Waals surface area contributed by atoms with Crippen molar-refractivity contribution in [1.82, 2.24) is 9.97 Å². The SMILES string of the molecule is Cc1cccc(CC(=O)Nc2ccc(N(C)CCc3ccncc3)nc2)c1. The smallest absolute Gasteiger partial charge is 0.228 e. The third-order valence-electron chi connectivity index (χ3n) is 4.36. The van der Waals surface area contributed by atoms with Gasteiger partial charge in [0.15, 0.2) is 0 Å². The monoisotopic (exact) mass is 360 g/mol. The minimum Gasteiger partial charge on any atom is -0.359 e. The van der Waals surface area contributed by atoms with Gasteiger partial charge >= 0.3 is 0 Å². The van der Waals surface area contributed by atoms with E-state index >= 15 is 0 Å². The maximum absolute atomic E-state index is 12.2. The summed E-state index contributed by atoms with van der Waals surface area (Å²) in [6.45, 7) is 2.88. The second-order valence-electron chi connectivity index (χ2n) is 6.65. The average molecular weight is 360 g/mol. The topological polar surface area (TPSA) is 58.1 Å². The van der Waals surface area contributed by atoms with Crippen molar-refractivity contribution in [3.63, 3.8) is 0 Å². The normalized spacial score (nSPS) is 10.4. The second kappa shape index (κ2) is 8.94. The zero-order chi connectivity index (χ0) is 19.1. The van der Waals surface area contributed by atoms with Crippen molar-refractivity contribution >= 4 is 17.4 Å². The highest BCUT2D eigenvalue weighted by Crippen LogP contribution is 2.14. The number of amides is 1. The Labute approximate surface area is 160 Å². The van der Waals surface area contributed by atoms with Gasteiger partial charge in [-0.15, -0.1) is 0 Å². The summed E-state index contributed by atoms with van der Waals surface area (Å²) in [6.07, 6.45) is 6.60.